The molecule has 5 nitrogen and oxygen atoms in total. The molecule has 0 bridgehead atoms. The molecule has 76 valence electrons. The molecule has 1 rings (SSSR count). The number of rotatable bonds is 2. The summed E-state index contributed by atoms with van der Waals surface area (Å²) in [5, 5.41) is 20.8. The first-order valence-corrected chi connectivity index (χ1v) is 4.28. The lowest BCUT2D eigenvalue weighted by Crippen LogP contribution is -2.15. The topological polar surface area (TPSA) is 78.9 Å². The van der Waals surface area contributed by atoms with E-state index in [4.69, 9.17) is 10.4 Å². The van der Waals surface area contributed by atoms with Crippen LogP contribution in [0.25, 0.3) is 0 Å². The molecular weight excluding hydrogens is 194 g/mol. The fourth-order valence-electron chi connectivity index (χ4n) is 0.913. The van der Waals surface area contributed by atoms with Crippen molar-refractivity contribution in [2.45, 2.75) is 19.4 Å². The lowest BCUT2D eigenvalue weighted by Gasteiger charge is -2.04. The highest BCUT2D eigenvalue weighted by atomic mass is 16.4. The highest BCUT2D eigenvalue weighted by Gasteiger charge is 2.13. The molecule has 5 heteroatoms. The molecule has 0 aliphatic rings. The molecule has 0 saturated carbocycles. The highest BCUT2D eigenvalue weighted by molar-refractivity contribution is 5.71. The van der Waals surface area contributed by atoms with Crippen LogP contribution >= 0.6 is 0 Å². The maximum absolute atomic E-state index is 10.6. The summed E-state index contributed by atoms with van der Waals surface area (Å²) in [5.41, 5.74) is 0.610. The van der Waals surface area contributed by atoms with E-state index < -0.39 is 12.0 Å². The number of aromatic nitrogens is 2. The minimum atomic E-state index is -0.949. The van der Waals surface area contributed by atoms with E-state index in [1.165, 1.54) is 17.8 Å². The van der Waals surface area contributed by atoms with Crippen molar-refractivity contribution in [3.63, 3.8) is 0 Å². The predicted molar refractivity (Wildman–Crippen MR) is 51.7 cm³/mol. The quantitative estimate of drug-likeness (QED) is 0.721. The summed E-state index contributed by atoms with van der Waals surface area (Å²) in [6.45, 7) is 1.53. The molecular formula is C10H9N3O2. The van der Waals surface area contributed by atoms with Crippen molar-refractivity contribution in [2.24, 2.45) is 0 Å². The average Bonchev–Trinajstić information content (AvgIpc) is 2.65. The first-order valence-electron chi connectivity index (χ1n) is 4.28. The van der Waals surface area contributed by atoms with Gasteiger partial charge in [-0.25, -0.2) is 4.79 Å². The van der Waals surface area contributed by atoms with Gasteiger partial charge in [-0.15, -0.1) is 0 Å². The first kappa shape index (κ1) is 10.8. The molecule has 15 heavy (non-hydrogen) atoms. The number of nitrogens with zero attached hydrogens (tertiary/aromatic N) is 3. The summed E-state index contributed by atoms with van der Waals surface area (Å²) in [4.78, 5) is 10.6. The van der Waals surface area contributed by atoms with Crippen LogP contribution in [0.15, 0.2) is 12.4 Å². The van der Waals surface area contributed by atoms with Gasteiger partial charge in [-0.05, 0) is 6.92 Å². The Kier molecular flexibility index (Phi) is 3.48. The minimum absolute atomic E-state index is 0.152. The molecule has 1 aromatic rings. The zero-order valence-corrected chi connectivity index (χ0v) is 8.14. The Morgan fingerprint density at radius 2 is 2.53 bits per heavy atom. The SMILES string of the molecule is C[C@@H](C(=O)O)n1cc(C#CCC#N)cn1. The van der Waals surface area contributed by atoms with Crippen LogP contribution < -0.4 is 0 Å². The second-order valence-electron chi connectivity index (χ2n) is 2.86. The fourth-order valence-corrected chi connectivity index (χ4v) is 0.913. The van der Waals surface area contributed by atoms with Gasteiger partial charge in [0.2, 0.25) is 0 Å². The maximum Gasteiger partial charge on any atom is 0.328 e. The van der Waals surface area contributed by atoms with Gasteiger partial charge in [-0.3, -0.25) is 4.68 Å². The summed E-state index contributed by atoms with van der Waals surface area (Å²) in [6, 6.07) is 1.18. The number of aliphatic carboxylic acids is 1. The van der Waals surface area contributed by atoms with Crippen molar-refractivity contribution in [2.75, 3.05) is 0 Å². The first-order chi connectivity index (χ1) is 7.15. The van der Waals surface area contributed by atoms with E-state index in [9.17, 15) is 4.79 Å². The molecule has 1 atom stereocenters. The number of hydrogen-bond acceptors (Lipinski definition) is 3. The van der Waals surface area contributed by atoms with E-state index in [0.29, 0.717) is 5.56 Å². The second kappa shape index (κ2) is 4.83. The molecule has 1 aromatic heterocycles. The number of hydrogen-bond donors (Lipinski definition) is 1. The Balaban J connectivity index is 2.79. The average molecular weight is 203 g/mol. The Bertz CT molecular complexity index is 459. The summed E-state index contributed by atoms with van der Waals surface area (Å²) in [7, 11) is 0. The molecule has 0 aliphatic heterocycles. The molecule has 0 saturated heterocycles. The van der Waals surface area contributed by atoms with Gasteiger partial charge in [-0.1, -0.05) is 11.8 Å². The predicted octanol–water partition coefficient (Wildman–Crippen LogP) is 0.794. The van der Waals surface area contributed by atoms with Crippen LogP contribution in [0.3, 0.4) is 0 Å². The number of carboxylic acid groups (broad SMARTS) is 1. The van der Waals surface area contributed by atoms with Crippen LogP contribution in [0.5, 0.6) is 0 Å². The van der Waals surface area contributed by atoms with E-state index >= 15 is 0 Å². The van der Waals surface area contributed by atoms with Crippen molar-refractivity contribution < 1.29 is 9.90 Å². The standard InChI is InChI=1S/C10H9N3O2/c1-8(10(14)15)13-7-9(6-12-13)4-2-3-5-11/h6-8H,3H2,1H3,(H,14,15)/t8-/m0/s1. The molecule has 0 spiro atoms. The zero-order valence-electron chi connectivity index (χ0n) is 8.14. The smallest absolute Gasteiger partial charge is 0.328 e. The van der Waals surface area contributed by atoms with Gasteiger partial charge in [-0.2, -0.15) is 10.4 Å². The van der Waals surface area contributed by atoms with E-state index in [2.05, 4.69) is 16.9 Å². The summed E-state index contributed by atoms with van der Waals surface area (Å²) >= 11 is 0. The highest BCUT2D eigenvalue weighted by Crippen LogP contribution is 2.05. The summed E-state index contributed by atoms with van der Waals surface area (Å²) in [6.07, 6.45) is 3.17. The number of nitriles is 1. The third-order valence-electron chi connectivity index (χ3n) is 1.76. The van der Waals surface area contributed by atoms with Crippen molar-refractivity contribution in [3.05, 3.63) is 18.0 Å². The third-order valence-corrected chi connectivity index (χ3v) is 1.76. The Morgan fingerprint density at radius 1 is 1.80 bits per heavy atom. The minimum Gasteiger partial charge on any atom is -0.480 e. The molecule has 0 aromatic carbocycles. The van der Waals surface area contributed by atoms with Gasteiger partial charge in [0.25, 0.3) is 0 Å². The largest absolute Gasteiger partial charge is 0.480 e. The van der Waals surface area contributed by atoms with Gasteiger partial charge in [0.1, 0.15) is 6.04 Å². The van der Waals surface area contributed by atoms with E-state index in [0.717, 1.165) is 0 Å². The lowest BCUT2D eigenvalue weighted by molar-refractivity contribution is -0.140. The Hall–Kier alpha value is -2.27. The van der Waals surface area contributed by atoms with Crippen LogP contribution in [-0.2, 0) is 4.79 Å². The Labute approximate surface area is 86.9 Å². The maximum atomic E-state index is 10.6. The molecule has 0 amide bonds. The van der Waals surface area contributed by atoms with Crippen LogP contribution in [0.4, 0.5) is 0 Å². The molecule has 1 heterocycles. The summed E-state index contributed by atoms with van der Waals surface area (Å²) < 4.78 is 1.32. The monoisotopic (exact) mass is 203 g/mol. The van der Waals surface area contributed by atoms with Crippen LogP contribution in [0.2, 0.25) is 0 Å². The zero-order chi connectivity index (χ0) is 11.3. The van der Waals surface area contributed by atoms with E-state index in [1.807, 2.05) is 6.07 Å². The normalized spacial score (nSPS) is 10.9. The second-order valence-corrected chi connectivity index (χ2v) is 2.86. The van der Waals surface area contributed by atoms with Gasteiger partial charge < -0.3 is 5.11 Å². The van der Waals surface area contributed by atoms with Crippen molar-refractivity contribution >= 4 is 5.97 Å². The van der Waals surface area contributed by atoms with Crippen LogP contribution in [0.1, 0.15) is 24.9 Å². The third kappa shape index (κ3) is 2.85. The molecule has 1 N–H and O–H groups in total. The number of carbonyl (C=O) groups is 1. The molecule has 0 radical (unpaired) electrons. The van der Waals surface area contributed by atoms with Gasteiger partial charge in [0.15, 0.2) is 0 Å². The number of carboxylic acids is 1. The molecule has 0 unspecified atom stereocenters. The summed E-state index contributed by atoms with van der Waals surface area (Å²) in [5.74, 6) is 4.38. The van der Waals surface area contributed by atoms with Crippen LogP contribution in [0, 0.1) is 23.2 Å². The van der Waals surface area contributed by atoms with Gasteiger partial charge in [0, 0.05) is 6.20 Å². The van der Waals surface area contributed by atoms with Crippen LogP contribution in [-0.4, -0.2) is 20.9 Å². The lowest BCUT2D eigenvalue weighted by atomic mass is 10.3. The van der Waals surface area contributed by atoms with E-state index in [1.54, 1.807) is 6.20 Å². The fraction of sp³-hybridized carbons (Fsp3) is 0.300. The van der Waals surface area contributed by atoms with Gasteiger partial charge >= 0.3 is 5.97 Å². The van der Waals surface area contributed by atoms with Crippen molar-refractivity contribution in [3.8, 4) is 17.9 Å². The molecule has 0 aliphatic carbocycles. The van der Waals surface area contributed by atoms with Crippen molar-refractivity contribution in [1.29, 1.82) is 5.26 Å². The Morgan fingerprint density at radius 3 is 3.13 bits per heavy atom. The van der Waals surface area contributed by atoms with Crippen molar-refractivity contribution in [1.82, 2.24) is 9.78 Å². The van der Waals surface area contributed by atoms with Gasteiger partial charge in [0.05, 0.1) is 24.3 Å². The molecule has 0 fully saturated rings. The van der Waals surface area contributed by atoms with E-state index in [-0.39, 0.29) is 6.42 Å².